The Morgan fingerprint density at radius 3 is 2.43 bits per heavy atom. The lowest BCUT2D eigenvalue weighted by molar-refractivity contribution is -0.134. The SMILES string of the molecule is CCCCOC1CCN(c2ccc(S(=O)(=O)C3(C(=O)NO)CCOCC3)cc2)CC1. The molecule has 0 aromatic heterocycles. The van der Waals surface area contributed by atoms with Gasteiger partial charge in [-0.2, -0.15) is 0 Å². The summed E-state index contributed by atoms with van der Waals surface area (Å²) in [6.07, 6.45) is 4.41. The van der Waals surface area contributed by atoms with Gasteiger partial charge in [0.25, 0.3) is 5.91 Å². The van der Waals surface area contributed by atoms with Crippen LogP contribution in [0.3, 0.4) is 0 Å². The number of rotatable bonds is 8. The molecular formula is C21H32N2O6S. The highest BCUT2D eigenvalue weighted by atomic mass is 32.2. The smallest absolute Gasteiger partial charge is 0.265 e. The second-order valence-electron chi connectivity index (χ2n) is 7.96. The number of carbonyl (C=O) groups is 1. The van der Waals surface area contributed by atoms with Crippen LogP contribution in [0, 0.1) is 0 Å². The number of carbonyl (C=O) groups excluding carboxylic acids is 1. The Hall–Kier alpha value is -1.68. The molecule has 9 heteroatoms. The van der Waals surface area contributed by atoms with Crippen LogP contribution >= 0.6 is 0 Å². The topological polar surface area (TPSA) is 105 Å². The maximum absolute atomic E-state index is 13.3. The summed E-state index contributed by atoms with van der Waals surface area (Å²) in [5, 5.41) is 9.14. The number of anilines is 1. The quantitative estimate of drug-likeness (QED) is 0.363. The molecule has 168 valence electrons. The highest BCUT2D eigenvalue weighted by Crippen LogP contribution is 2.36. The minimum Gasteiger partial charge on any atom is -0.381 e. The van der Waals surface area contributed by atoms with Gasteiger partial charge in [-0.15, -0.1) is 0 Å². The Morgan fingerprint density at radius 1 is 1.23 bits per heavy atom. The minimum atomic E-state index is -3.99. The van der Waals surface area contributed by atoms with Crippen molar-refractivity contribution in [3.8, 4) is 0 Å². The number of nitrogens with zero attached hydrogens (tertiary/aromatic N) is 1. The van der Waals surface area contributed by atoms with Crippen LogP contribution in [0.15, 0.2) is 29.2 Å². The monoisotopic (exact) mass is 440 g/mol. The first-order chi connectivity index (χ1) is 14.4. The number of sulfone groups is 1. The van der Waals surface area contributed by atoms with Gasteiger partial charge in [-0.1, -0.05) is 13.3 Å². The second kappa shape index (κ2) is 10.1. The van der Waals surface area contributed by atoms with Crippen LogP contribution in [0.5, 0.6) is 0 Å². The molecule has 1 aromatic rings. The minimum absolute atomic E-state index is 0.00895. The van der Waals surface area contributed by atoms with Gasteiger partial charge in [0.15, 0.2) is 14.6 Å². The van der Waals surface area contributed by atoms with Gasteiger partial charge in [-0.3, -0.25) is 10.0 Å². The molecule has 2 N–H and O–H groups in total. The van der Waals surface area contributed by atoms with E-state index in [0.29, 0.717) is 0 Å². The molecule has 1 amide bonds. The molecule has 2 fully saturated rings. The van der Waals surface area contributed by atoms with E-state index in [-0.39, 0.29) is 37.1 Å². The second-order valence-corrected chi connectivity index (χ2v) is 10.2. The summed E-state index contributed by atoms with van der Waals surface area (Å²) >= 11 is 0. The summed E-state index contributed by atoms with van der Waals surface area (Å²) in [5.74, 6) is -0.903. The number of unbranched alkanes of at least 4 members (excludes halogenated alkanes) is 1. The van der Waals surface area contributed by atoms with E-state index in [1.54, 1.807) is 29.7 Å². The number of hydrogen-bond donors (Lipinski definition) is 2. The van der Waals surface area contributed by atoms with Crippen LogP contribution in [0.2, 0.25) is 0 Å². The molecule has 2 aliphatic heterocycles. The summed E-state index contributed by atoms with van der Waals surface area (Å²) < 4.78 is 36.1. The Kier molecular flexibility index (Phi) is 7.73. The lowest BCUT2D eigenvalue weighted by atomic mass is 9.98. The first kappa shape index (κ1) is 23.0. The highest BCUT2D eigenvalue weighted by Gasteiger charge is 2.52. The molecule has 30 heavy (non-hydrogen) atoms. The van der Waals surface area contributed by atoms with E-state index in [9.17, 15) is 13.2 Å². The Morgan fingerprint density at radius 2 is 1.87 bits per heavy atom. The van der Waals surface area contributed by atoms with Crippen molar-refractivity contribution >= 4 is 21.4 Å². The van der Waals surface area contributed by atoms with Gasteiger partial charge in [0.2, 0.25) is 0 Å². The van der Waals surface area contributed by atoms with Crippen molar-refractivity contribution in [2.45, 2.75) is 61.2 Å². The number of hydrogen-bond acceptors (Lipinski definition) is 7. The molecule has 0 atom stereocenters. The summed E-state index contributed by atoms with van der Waals surface area (Å²) in [4.78, 5) is 14.6. The van der Waals surface area contributed by atoms with Gasteiger partial charge in [-0.05, 0) is 56.4 Å². The molecule has 2 heterocycles. The van der Waals surface area contributed by atoms with E-state index < -0.39 is 20.5 Å². The molecule has 0 radical (unpaired) electrons. The molecule has 8 nitrogen and oxygen atoms in total. The van der Waals surface area contributed by atoms with Gasteiger partial charge in [-0.25, -0.2) is 13.9 Å². The third-order valence-electron chi connectivity index (χ3n) is 6.14. The van der Waals surface area contributed by atoms with E-state index in [1.807, 2.05) is 0 Å². The predicted octanol–water partition coefficient (Wildman–Crippen LogP) is 2.30. The number of piperidine rings is 1. The Balaban J connectivity index is 1.70. The number of ether oxygens (including phenoxy) is 2. The predicted molar refractivity (Wildman–Crippen MR) is 112 cm³/mol. The Bertz CT molecular complexity index is 797. The fourth-order valence-corrected chi connectivity index (χ4v) is 6.10. The fraction of sp³-hybridized carbons (Fsp3) is 0.667. The molecule has 2 aliphatic rings. The van der Waals surface area contributed by atoms with E-state index in [4.69, 9.17) is 14.7 Å². The van der Waals surface area contributed by atoms with Crippen LogP contribution in [-0.4, -0.2) is 63.3 Å². The molecule has 0 spiro atoms. The number of nitrogens with one attached hydrogen (secondary N) is 1. The molecule has 2 saturated heterocycles. The van der Waals surface area contributed by atoms with E-state index >= 15 is 0 Å². The maximum Gasteiger partial charge on any atom is 0.265 e. The molecule has 0 unspecified atom stereocenters. The first-order valence-electron chi connectivity index (χ1n) is 10.7. The first-order valence-corrected chi connectivity index (χ1v) is 12.2. The zero-order chi connectivity index (χ0) is 21.6. The van der Waals surface area contributed by atoms with E-state index in [2.05, 4.69) is 11.8 Å². The summed E-state index contributed by atoms with van der Waals surface area (Å²) in [6.45, 7) is 4.98. The average molecular weight is 441 g/mol. The lowest BCUT2D eigenvalue weighted by Gasteiger charge is -2.35. The zero-order valence-electron chi connectivity index (χ0n) is 17.5. The van der Waals surface area contributed by atoms with Crippen LogP contribution in [0.1, 0.15) is 45.4 Å². The van der Waals surface area contributed by atoms with Crippen molar-refractivity contribution in [1.82, 2.24) is 5.48 Å². The fourth-order valence-electron chi connectivity index (χ4n) is 4.16. The molecule has 1 aromatic carbocycles. The van der Waals surface area contributed by atoms with Crippen LogP contribution in [-0.2, 0) is 24.1 Å². The standard InChI is InChI=1S/C21H32N2O6S/c1-2-3-14-29-18-8-12-23(13-9-18)17-4-6-19(7-5-17)30(26,27)21(20(24)22-25)10-15-28-16-11-21/h4-7,18,25H,2-3,8-16H2,1H3,(H,22,24). The molecule has 0 saturated carbocycles. The van der Waals surface area contributed by atoms with Crippen LogP contribution in [0.4, 0.5) is 5.69 Å². The summed E-state index contributed by atoms with van der Waals surface area (Å²) in [7, 11) is -3.99. The van der Waals surface area contributed by atoms with Crippen molar-refractivity contribution in [2.24, 2.45) is 0 Å². The number of benzene rings is 1. The molecule has 0 aliphatic carbocycles. The van der Waals surface area contributed by atoms with Crippen LogP contribution < -0.4 is 10.4 Å². The van der Waals surface area contributed by atoms with E-state index in [0.717, 1.165) is 51.1 Å². The van der Waals surface area contributed by atoms with Crippen LogP contribution in [0.25, 0.3) is 0 Å². The zero-order valence-corrected chi connectivity index (χ0v) is 18.3. The van der Waals surface area contributed by atoms with Crippen molar-refractivity contribution in [3.05, 3.63) is 24.3 Å². The van der Waals surface area contributed by atoms with Crippen molar-refractivity contribution in [3.63, 3.8) is 0 Å². The maximum atomic E-state index is 13.3. The van der Waals surface area contributed by atoms with Gasteiger partial charge in [0, 0.05) is 38.6 Å². The van der Waals surface area contributed by atoms with Gasteiger partial charge < -0.3 is 14.4 Å². The third kappa shape index (κ3) is 4.64. The average Bonchev–Trinajstić information content (AvgIpc) is 2.79. The van der Waals surface area contributed by atoms with Crippen molar-refractivity contribution < 1.29 is 27.9 Å². The number of hydroxylamine groups is 1. The lowest BCUT2D eigenvalue weighted by Crippen LogP contribution is -2.54. The largest absolute Gasteiger partial charge is 0.381 e. The normalized spacial score (nSPS) is 20.1. The van der Waals surface area contributed by atoms with Crippen molar-refractivity contribution in [1.29, 1.82) is 0 Å². The third-order valence-corrected chi connectivity index (χ3v) is 8.65. The molecule has 3 rings (SSSR count). The molecular weight excluding hydrogens is 408 g/mol. The van der Waals surface area contributed by atoms with Gasteiger partial charge in [0.05, 0.1) is 11.0 Å². The van der Waals surface area contributed by atoms with E-state index in [1.165, 1.54) is 0 Å². The van der Waals surface area contributed by atoms with Gasteiger partial charge in [0.1, 0.15) is 0 Å². The Labute approximate surface area is 178 Å². The summed E-state index contributed by atoms with van der Waals surface area (Å²) in [5.41, 5.74) is 2.50. The van der Waals surface area contributed by atoms with Crippen molar-refractivity contribution in [2.75, 3.05) is 37.8 Å². The number of amides is 1. The molecule has 0 bridgehead atoms. The highest BCUT2D eigenvalue weighted by molar-refractivity contribution is 7.93. The van der Waals surface area contributed by atoms with Gasteiger partial charge >= 0.3 is 0 Å². The summed E-state index contributed by atoms with van der Waals surface area (Å²) in [6, 6.07) is 6.68.